The van der Waals surface area contributed by atoms with Crippen molar-refractivity contribution in [3.8, 4) is 0 Å². The van der Waals surface area contributed by atoms with Crippen molar-refractivity contribution in [1.82, 2.24) is 5.43 Å². The average molecular weight is 326 g/mol. The van der Waals surface area contributed by atoms with Crippen molar-refractivity contribution in [2.75, 3.05) is 5.32 Å². The van der Waals surface area contributed by atoms with Crippen LogP contribution in [0, 0.1) is 17.0 Å². The Balaban J connectivity index is 1.89. The van der Waals surface area contributed by atoms with E-state index in [1.165, 1.54) is 18.3 Å². The molecule has 1 amide bonds. The van der Waals surface area contributed by atoms with Gasteiger partial charge in [0.2, 0.25) is 0 Å². The highest BCUT2D eigenvalue weighted by atomic mass is 16.6. The number of non-ortho nitro benzene ring substituents is 1. The predicted molar refractivity (Wildman–Crippen MR) is 93.1 cm³/mol. The Morgan fingerprint density at radius 2 is 1.88 bits per heavy atom. The molecular weight excluding hydrogens is 308 g/mol. The number of nitro benzene ring substituents is 1. The normalized spacial score (nSPS) is 11.9. The molecule has 0 saturated heterocycles. The Morgan fingerprint density at radius 1 is 1.21 bits per heavy atom. The number of aryl methyl sites for hydroxylation is 1. The highest BCUT2D eigenvalue weighted by Gasteiger charge is 2.12. The molecule has 0 radical (unpaired) electrons. The topological polar surface area (TPSA) is 96.6 Å². The largest absolute Gasteiger partial charge is 0.374 e. The highest BCUT2D eigenvalue weighted by molar-refractivity contribution is 5.86. The molecule has 2 rings (SSSR count). The molecule has 0 aliphatic carbocycles. The SMILES string of the molecule is Cc1ccccc1N[C@H](C)C(=O)N/N=C\c1ccc([N+](=O)[O-])cc1. The van der Waals surface area contributed by atoms with Crippen molar-refractivity contribution >= 4 is 23.5 Å². The molecule has 0 aliphatic rings. The summed E-state index contributed by atoms with van der Waals surface area (Å²) < 4.78 is 0. The van der Waals surface area contributed by atoms with Gasteiger partial charge in [-0.2, -0.15) is 5.10 Å². The number of hydrogen-bond acceptors (Lipinski definition) is 5. The summed E-state index contributed by atoms with van der Waals surface area (Å²) in [4.78, 5) is 22.1. The first kappa shape index (κ1) is 17.1. The summed E-state index contributed by atoms with van der Waals surface area (Å²) in [5, 5.41) is 17.6. The number of hydrogen-bond donors (Lipinski definition) is 2. The predicted octanol–water partition coefficient (Wildman–Crippen LogP) is 2.85. The Kier molecular flexibility index (Phi) is 5.62. The third kappa shape index (κ3) is 4.64. The summed E-state index contributed by atoms with van der Waals surface area (Å²) in [6.07, 6.45) is 1.43. The number of anilines is 1. The number of amides is 1. The Morgan fingerprint density at radius 3 is 2.50 bits per heavy atom. The van der Waals surface area contributed by atoms with Crippen molar-refractivity contribution in [2.45, 2.75) is 19.9 Å². The molecule has 0 saturated carbocycles. The molecule has 124 valence electrons. The molecule has 7 nitrogen and oxygen atoms in total. The van der Waals surface area contributed by atoms with E-state index in [1.54, 1.807) is 19.1 Å². The van der Waals surface area contributed by atoms with Gasteiger partial charge in [-0.3, -0.25) is 14.9 Å². The zero-order valence-corrected chi connectivity index (χ0v) is 13.4. The smallest absolute Gasteiger partial charge is 0.269 e. The number of benzene rings is 2. The molecule has 0 heterocycles. The quantitative estimate of drug-likeness (QED) is 0.484. The molecule has 2 aromatic carbocycles. The van der Waals surface area contributed by atoms with Gasteiger partial charge in [0.25, 0.3) is 11.6 Å². The molecule has 7 heteroatoms. The van der Waals surface area contributed by atoms with Crippen LogP contribution in [0.3, 0.4) is 0 Å². The lowest BCUT2D eigenvalue weighted by Gasteiger charge is -2.15. The Bertz CT molecular complexity index is 757. The minimum absolute atomic E-state index is 0.00670. The van der Waals surface area contributed by atoms with E-state index in [0.29, 0.717) is 5.56 Å². The van der Waals surface area contributed by atoms with Crippen molar-refractivity contribution < 1.29 is 9.72 Å². The first-order chi connectivity index (χ1) is 11.5. The molecule has 0 fully saturated rings. The van der Waals surface area contributed by atoms with E-state index in [0.717, 1.165) is 11.3 Å². The van der Waals surface area contributed by atoms with Gasteiger partial charge in [0.15, 0.2) is 0 Å². The molecule has 24 heavy (non-hydrogen) atoms. The van der Waals surface area contributed by atoms with E-state index in [1.807, 2.05) is 31.2 Å². The molecule has 0 spiro atoms. The molecule has 2 aromatic rings. The number of nitrogens with one attached hydrogen (secondary N) is 2. The van der Waals surface area contributed by atoms with Gasteiger partial charge in [-0.05, 0) is 43.2 Å². The van der Waals surface area contributed by atoms with Gasteiger partial charge in [0.1, 0.15) is 6.04 Å². The third-order valence-corrected chi connectivity index (χ3v) is 3.40. The number of hydrazone groups is 1. The van der Waals surface area contributed by atoms with E-state index < -0.39 is 11.0 Å². The lowest BCUT2D eigenvalue weighted by atomic mass is 10.2. The summed E-state index contributed by atoms with van der Waals surface area (Å²) in [6.45, 7) is 3.70. The zero-order valence-electron chi connectivity index (χ0n) is 13.4. The maximum Gasteiger partial charge on any atom is 0.269 e. The van der Waals surface area contributed by atoms with Crippen LogP contribution in [0.5, 0.6) is 0 Å². The molecule has 0 bridgehead atoms. The molecule has 2 N–H and O–H groups in total. The van der Waals surface area contributed by atoms with Gasteiger partial charge >= 0.3 is 0 Å². The zero-order chi connectivity index (χ0) is 17.5. The second-order valence-corrected chi connectivity index (χ2v) is 5.26. The lowest BCUT2D eigenvalue weighted by Crippen LogP contribution is -2.35. The van der Waals surface area contributed by atoms with Crippen molar-refractivity contribution in [1.29, 1.82) is 0 Å². The maximum atomic E-state index is 12.0. The minimum atomic E-state index is -0.471. The van der Waals surface area contributed by atoms with E-state index in [2.05, 4.69) is 15.8 Å². The van der Waals surface area contributed by atoms with Crippen LogP contribution < -0.4 is 10.7 Å². The first-order valence-electron chi connectivity index (χ1n) is 7.37. The minimum Gasteiger partial charge on any atom is -0.374 e. The van der Waals surface area contributed by atoms with E-state index >= 15 is 0 Å². The van der Waals surface area contributed by atoms with E-state index in [9.17, 15) is 14.9 Å². The molecule has 0 aliphatic heterocycles. The van der Waals surface area contributed by atoms with Crippen LogP contribution in [-0.2, 0) is 4.79 Å². The average Bonchev–Trinajstić information content (AvgIpc) is 2.57. The van der Waals surface area contributed by atoms with Crippen LogP contribution >= 0.6 is 0 Å². The molecule has 0 unspecified atom stereocenters. The second-order valence-electron chi connectivity index (χ2n) is 5.26. The van der Waals surface area contributed by atoms with Gasteiger partial charge in [0.05, 0.1) is 11.1 Å². The Labute approximate surface area is 139 Å². The van der Waals surface area contributed by atoms with Gasteiger partial charge in [0, 0.05) is 17.8 Å². The third-order valence-electron chi connectivity index (χ3n) is 3.40. The van der Waals surface area contributed by atoms with Crippen molar-refractivity contribution in [3.63, 3.8) is 0 Å². The fourth-order valence-electron chi connectivity index (χ4n) is 1.98. The van der Waals surface area contributed by atoms with Gasteiger partial charge < -0.3 is 5.32 Å². The van der Waals surface area contributed by atoms with Gasteiger partial charge in [-0.1, -0.05) is 18.2 Å². The van der Waals surface area contributed by atoms with Gasteiger partial charge in [-0.15, -0.1) is 0 Å². The number of carbonyl (C=O) groups excluding carboxylic acids is 1. The number of carbonyl (C=O) groups is 1. The highest BCUT2D eigenvalue weighted by Crippen LogP contribution is 2.14. The number of nitro groups is 1. The van der Waals surface area contributed by atoms with Crippen LogP contribution in [0.25, 0.3) is 0 Å². The van der Waals surface area contributed by atoms with E-state index in [-0.39, 0.29) is 11.6 Å². The number of para-hydroxylation sites is 1. The van der Waals surface area contributed by atoms with Crippen LogP contribution in [0.2, 0.25) is 0 Å². The molecule has 0 aromatic heterocycles. The van der Waals surface area contributed by atoms with E-state index in [4.69, 9.17) is 0 Å². The molecular formula is C17H18N4O3. The molecule has 1 atom stereocenters. The van der Waals surface area contributed by atoms with Crippen LogP contribution in [0.1, 0.15) is 18.1 Å². The fourth-order valence-corrected chi connectivity index (χ4v) is 1.98. The standard InChI is InChI=1S/C17H18N4O3/c1-12-5-3-4-6-16(12)19-13(2)17(22)20-18-11-14-7-9-15(10-8-14)21(23)24/h3-11,13,19H,1-2H3,(H,20,22)/b18-11-/t13-/m1/s1. The van der Waals surface area contributed by atoms with Crippen LogP contribution in [-0.4, -0.2) is 23.1 Å². The van der Waals surface area contributed by atoms with Crippen LogP contribution in [0.4, 0.5) is 11.4 Å². The summed E-state index contributed by atoms with van der Waals surface area (Å²) in [5.41, 5.74) is 5.04. The lowest BCUT2D eigenvalue weighted by molar-refractivity contribution is -0.384. The van der Waals surface area contributed by atoms with Crippen molar-refractivity contribution in [3.05, 3.63) is 69.8 Å². The Hall–Kier alpha value is -3.22. The summed E-state index contributed by atoms with van der Waals surface area (Å²) in [6, 6.07) is 13.1. The fraction of sp³-hybridized carbons (Fsp3) is 0.176. The monoisotopic (exact) mass is 326 g/mol. The first-order valence-corrected chi connectivity index (χ1v) is 7.37. The number of rotatable bonds is 6. The summed E-state index contributed by atoms with van der Waals surface area (Å²) >= 11 is 0. The van der Waals surface area contributed by atoms with Gasteiger partial charge in [-0.25, -0.2) is 5.43 Å². The maximum absolute atomic E-state index is 12.0. The summed E-state index contributed by atoms with van der Waals surface area (Å²) in [5.74, 6) is -0.281. The second kappa shape index (κ2) is 7.87. The summed E-state index contributed by atoms with van der Waals surface area (Å²) in [7, 11) is 0. The van der Waals surface area contributed by atoms with Crippen molar-refractivity contribution in [2.24, 2.45) is 5.10 Å². The number of nitrogens with zero attached hydrogens (tertiary/aromatic N) is 2. The van der Waals surface area contributed by atoms with Crippen LogP contribution in [0.15, 0.2) is 53.6 Å².